The molecule has 0 aliphatic rings. The molecule has 3 aromatic heterocycles. The molecule has 8 nitrogen and oxygen atoms in total. The molecule has 0 fully saturated rings. The maximum absolute atomic E-state index is 12.7. The zero-order valence-corrected chi connectivity index (χ0v) is 15.3. The molecule has 4 rings (SSSR count). The van der Waals surface area contributed by atoms with Crippen molar-refractivity contribution in [2.75, 3.05) is 0 Å². The molecule has 1 amide bonds. The standard InChI is InChI=1S/C19H16F2N6O2/c1-11-8-14(18(20)21)26-27(11)10-15(28)23-9-16-24-25-19(29-16)17-13-5-3-2-4-12(13)6-7-22-17/h2-8,18H,9-10H2,1H3,(H,23,28). The normalized spacial score (nSPS) is 11.3. The van der Waals surface area contributed by atoms with Crippen LogP contribution in [-0.2, 0) is 17.9 Å². The Morgan fingerprint density at radius 1 is 1.24 bits per heavy atom. The fraction of sp³-hybridized carbons (Fsp3) is 0.211. The summed E-state index contributed by atoms with van der Waals surface area (Å²) in [6, 6.07) is 10.8. The molecule has 148 valence electrons. The summed E-state index contributed by atoms with van der Waals surface area (Å²) >= 11 is 0. The molecule has 29 heavy (non-hydrogen) atoms. The SMILES string of the molecule is Cc1cc(C(F)F)nn1CC(=O)NCc1nnc(-c2nccc3ccccc23)o1. The van der Waals surface area contributed by atoms with Crippen molar-refractivity contribution >= 4 is 16.7 Å². The van der Waals surface area contributed by atoms with E-state index in [9.17, 15) is 13.6 Å². The van der Waals surface area contributed by atoms with Gasteiger partial charge in [-0.25, -0.2) is 8.78 Å². The fourth-order valence-corrected chi connectivity index (χ4v) is 2.88. The van der Waals surface area contributed by atoms with Gasteiger partial charge in [0.2, 0.25) is 11.8 Å². The van der Waals surface area contributed by atoms with Gasteiger partial charge in [-0.05, 0) is 24.4 Å². The third kappa shape index (κ3) is 3.96. The maximum Gasteiger partial charge on any atom is 0.282 e. The molecule has 0 unspecified atom stereocenters. The van der Waals surface area contributed by atoms with Crippen molar-refractivity contribution in [3.8, 4) is 11.6 Å². The van der Waals surface area contributed by atoms with E-state index in [0.29, 0.717) is 11.4 Å². The van der Waals surface area contributed by atoms with Crippen LogP contribution in [0.25, 0.3) is 22.4 Å². The van der Waals surface area contributed by atoms with Gasteiger partial charge in [0.25, 0.3) is 12.3 Å². The highest BCUT2D eigenvalue weighted by molar-refractivity contribution is 5.92. The number of nitrogens with zero attached hydrogens (tertiary/aromatic N) is 5. The summed E-state index contributed by atoms with van der Waals surface area (Å²) in [6.07, 6.45) is -1.03. The van der Waals surface area contributed by atoms with Crippen LogP contribution in [0.2, 0.25) is 0 Å². The van der Waals surface area contributed by atoms with Crippen LogP contribution in [0.3, 0.4) is 0 Å². The topological polar surface area (TPSA) is 98.7 Å². The first-order valence-corrected chi connectivity index (χ1v) is 8.77. The number of halogens is 2. The minimum atomic E-state index is -2.68. The summed E-state index contributed by atoms with van der Waals surface area (Å²) in [5.41, 5.74) is 0.664. The predicted molar refractivity (Wildman–Crippen MR) is 98.8 cm³/mol. The number of amides is 1. The number of hydrogen-bond acceptors (Lipinski definition) is 6. The van der Waals surface area contributed by atoms with Gasteiger partial charge in [0.05, 0.1) is 6.54 Å². The number of aromatic nitrogens is 5. The molecule has 0 aliphatic heterocycles. The van der Waals surface area contributed by atoms with E-state index in [-0.39, 0.29) is 30.6 Å². The molecule has 4 aromatic rings. The lowest BCUT2D eigenvalue weighted by molar-refractivity contribution is -0.122. The number of fused-ring (bicyclic) bond motifs is 1. The summed E-state index contributed by atoms with van der Waals surface area (Å²) in [6.45, 7) is 1.41. The summed E-state index contributed by atoms with van der Waals surface area (Å²) < 4.78 is 32.2. The van der Waals surface area contributed by atoms with Crippen molar-refractivity contribution in [2.45, 2.75) is 26.4 Å². The minimum absolute atomic E-state index is 0.00137. The smallest absolute Gasteiger partial charge is 0.282 e. The molecular weight excluding hydrogens is 382 g/mol. The van der Waals surface area contributed by atoms with Crippen molar-refractivity contribution in [3.63, 3.8) is 0 Å². The number of benzene rings is 1. The highest BCUT2D eigenvalue weighted by Crippen LogP contribution is 2.25. The molecule has 3 heterocycles. The highest BCUT2D eigenvalue weighted by atomic mass is 19.3. The van der Waals surface area contributed by atoms with E-state index in [1.807, 2.05) is 30.3 Å². The molecule has 0 spiro atoms. The molecule has 0 radical (unpaired) electrons. The van der Waals surface area contributed by atoms with Crippen molar-refractivity contribution in [1.29, 1.82) is 0 Å². The average molecular weight is 398 g/mol. The molecule has 10 heteroatoms. The van der Waals surface area contributed by atoms with Crippen LogP contribution in [-0.4, -0.2) is 30.9 Å². The molecule has 0 saturated heterocycles. The molecule has 1 aromatic carbocycles. The Hall–Kier alpha value is -3.69. The first-order valence-electron chi connectivity index (χ1n) is 8.77. The average Bonchev–Trinajstić information content (AvgIpc) is 3.33. The van der Waals surface area contributed by atoms with Crippen LogP contribution in [0.5, 0.6) is 0 Å². The third-order valence-electron chi connectivity index (χ3n) is 4.30. The Balaban J connectivity index is 1.42. The summed E-state index contributed by atoms with van der Waals surface area (Å²) in [7, 11) is 0. The van der Waals surface area contributed by atoms with Gasteiger partial charge in [-0.3, -0.25) is 14.5 Å². The molecule has 0 bridgehead atoms. The number of carbonyl (C=O) groups is 1. The van der Waals surface area contributed by atoms with Gasteiger partial charge in [-0.1, -0.05) is 24.3 Å². The van der Waals surface area contributed by atoms with Crippen LogP contribution in [0, 0.1) is 6.92 Å². The Kier molecular flexibility index (Phi) is 4.98. The van der Waals surface area contributed by atoms with E-state index in [4.69, 9.17) is 4.42 Å². The molecular formula is C19H16F2N6O2. The van der Waals surface area contributed by atoms with E-state index in [1.54, 1.807) is 13.1 Å². The summed E-state index contributed by atoms with van der Waals surface area (Å²) in [4.78, 5) is 16.4. The largest absolute Gasteiger partial charge is 0.417 e. The second-order valence-electron chi connectivity index (χ2n) is 6.33. The Morgan fingerprint density at radius 2 is 2.07 bits per heavy atom. The van der Waals surface area contributed by atoms with Gasteiger partial charge in [-0.15, -0.1) is 10.2 Å². The Morgan fingerprint density at radius 3 is 2.86 bits per heavy atom. The molecule has 0 atom stereocenters. The van der Waals surface area contributed by atoms with Crippen LogP contribution in [0.4, 0.5) is 8.78 Å². The molecule has 0 saturated carbocycles. The first-order chi connectivity index (χ1) is 14.0. The van der Waals surface area contributed by atoms with E-state index in [0.717, 1.165) is 10.8 Å². The van der Waals surface area contributed by atoms with Crippen LogP contribution >= 0.6 is 0 Å². The molecule has 0 aliphatic carbocycles. The Labute approximate surface area is 163 Å². The Bertz CT molecular complexity index is 1170. The highest BCUT2D eigenvalue weighted by Gasteiger charge is 2.16. The monoisotopic (exact) mass is 398 g/mol. The fourth-order valence-electron chi connectivity index (χ4n) is 2.88. The number of pyridine rings is 1. The van der Waals surface area contributed by atoms with Crippen LogP contribution in [0.1, 0.15) is 23.7 Å². The van der Waals surface area contributed by atoms with Crippen molar-refractivity contribution in [1.82, 2.24) is 30.3 Å². The number of rotatable bonds is 6. The maximum atomic E-state index is 12.7. The van der Waals surface area contributed by atoms with E-state index in [2.05, 4.69) is 25.6 Å². The van der Waals surface area contributed by atoms with Crippen molar-refractivity contribution in [3.05, 3.63) is 59.9 Å². The third-order valence-corrected chi connectivity index (χ3v) is 4.30. The van der Waals surface area contributed by atoms with E-state index in [1.165, 1.54) is 10.7 Å². The van der Waals surface area contributed by atoms with Crippen LogP contribution < -0.4 is 5.32 Å². The van der Waals surface area contributed by atoms with Gasteiger partial charge in [0.1, 0.15) is 17.9 Å². The van der Waals surface area contributed by atoms with Crippen molar-refractivity contribution < 1.29 is 18.0 Å². The molecule has 1 N–H and O–H groups in total. The van der Waals surface area contributed by atoms with Crippen LogP contribution in [0.15, 0.2) is 47.0 Å². The van der Waals surface area contributed by atoms with E-state index < -0.39 is 12.3 Å². The number of alkyl halides is 2. The van der Waals surface area contributed by atoms with Gasteiger partial charge >= 0.3 is 0 Å². The predicted octanol–water partition coefficient (Wildman–Crippen LogP) is 3.04. The van der Waals surface area contributed by atoms with Gasteiger partial charge in [0.15, 0.2) is 0 Å². The van der Waals surface area contributed by atoms with Gasteiger partial charge < -0.3 is 9.73 Å². The number of aryl methyl sites for hydroxylation is 1. The lowest BCUT2D eigenvalue weighted by Crippen LogP contribution is -2.28. The lowest BCUT2D eigenvalue weighted by atomic mass is 10.1. The first kappa shape index (κ1) is 18.7. The summed E-state index contributed by atoms with van der Waals surface area (Å²) in [5.74, 6) is 0.0316. The van der Waals surface area contributed by atoms with Crippen molar-refractivity contribution in [2.24, 2.45) is 0 Å². The zero-order chi connectivity index (χ0) is 20.4. The van der Waals surface area contributed by atoms with E-state index >= 15 is 0 Å². The quantitative estimate of drug-likeness (QED) is 0.536. The second kappa shape index (κ2) is 7.74. The summed E-state index contributed by atoms with van der Waals surface area (Å²) in [5, 5.41) is 16.1. The minimum Gasteiger partial charge on any atom is -0.417 e. The number of carbonyl (C=O) groups excluding carboxylic acids is 1. The van der Waals surface area contributed by atoms with Gasteiger partial charge in [-0.2, -0.15) is 5.10 Å². The number of nitrogens with one attached hydrogen (secondary N) is 1. The second-order valence-corrected chi connectivity index (χ2v) is 6.33. The van der Waals surface area contributed by atoms with Gasteiger partial charge in [0, 0.05) is 17.3 Å². The number of hydrogen-bond donors (Lipinski definition) is 1. The zero-order valence-electron chi connectivity index (χ0n) is 15.3. The lowest BCUT2D eigenvalue weighted by Gasteiger charge is -2.05.